The third kappa shape index (κ3) is 4.24. The number of benzene rings is 1. The van der Waals surface area contributed by atoms with Crippen LogP contribution in [0.15, 0.2) is 49.3 Å². The van der Waals surface area contributed by atoms with Crippen LogP contribution in [0.25, 0.3) is 0 Å². The van der Waals surface area contributed by atoms with Crippen LogP contribution in [0.5, 0.6) is 0 Å². The first kappa shape index (κ1) is 15.4. The summed E-state index contributed by atoms with van der Waals surface area (Å²) in [6.45, 7) is 5.28. The standard InChI is InChI=1S/C16H15N3O3/c1-3-15(20)19-13-6-4-12(5-7-13)16(21)22-9-14-8-11(2)17-10-18-14/h3-8,10H,1,9H2,2H3,(H,19,20). The van der Waals surface area contributed by atoms with Gasteiger partial charge in [-0.1, -0.05) is 6.58 Å². The van der Waals surface area contributed by atoms with E-state index in [-0.39, 0.29) is 12.5 Å². The highest BCUT2D eigenvalue weighted by molar-refractivity contribution is 5.99. The molecule has 0 unspecified atom stereocenters. The zero-order valence-corrected chi connectivity index (χ0v) is 12.1. The molecule has 0 fully saturated rings. The number of carbonyl (C=O) groups excluding carboxylic acids is 2. The molecule has 1 aromatic carbocycles. The largest absolute Gasteiger partial charge is 0.456 e. The van der Waals surface area contributed by atoms with Crippen molar-refractivity contribution in [2.24, 2.45) is 0 Å². The van der Waals surface area contributed by atoms with E-state index in [1.54, 1.807) is 30.3 Å². The fourth-order valence-corrected chi connectivity index (χ4v) is 1.69. The molecule has 6 heteroatoms. The van der Waals surface area contributed by atoms with Crippen molar-refractivity contribution in [2.75, 3.05) is 5.32 Å². The first-order valence-corrected chi connectivity index (χ1v) is 6.56. The molecule has 6 nitrogen and oxygen atoms in total. The number of anilines is 1. The molecule has 0 bridgehead atoms. The Bertz CT molecular complexity index is 696. The number of rotatable bonds is 5. The van der Waals surface area contributed by atoms with Crippen LogP contribution in [0.2, 0.25) is 0 Å². The minimum atomic E-state index is -0.460. The maximum absolute atomic E-state index is 11.9. The Labute approximate surface area is 127 Å². The molecule has 2 rings (SSSR count). The van der Waals surface area contributed by atoms with Gasteiger partial charge in [0.05, 0.1) is 11.3 Å². The topological polar surface area (TPSA) is 81.2 Å². The average Bonchev–Trinajstić information content (AvgIpc) is 2.53. The minimum Gasteiger partial charge on any atom is -0.456 e. The summed E-state index contributed by atoms with van der Waals surface area (Å²) in [7, 11) is 0. The van der Waals surface area contributed by atoms with Gasteiger partial charge in [-0.2, -0.15) is 0 Å². The Hall–Kier alpha value is -3.02. The first-order valence-electron chi connectivity index (χ1n) is 6.56. The number of carbonyl (C=O) groups is 2. The second-order valence-corrected chi connectivity index (χ2v) is 4.50. The molecule has 2 aromatic rings. The first-order chi connectivity index (χ1) is 10.6. The van der Waals surface area contributed by atoms with Gasteiger partial charge in [-0.25, -0.2) is 14.8 Å². The lowest BCUT2D eigenvalue weighted by molar-refractivity contribution is -0.111. The van der Waals surface area contributed by atoms with Gasteiger partial charge in [-0.15, -0.1) is 0 Å². The number of aromatic nitrogens is 2. The Morgan fingerprint density at radius 2 is 2.00 bits per heavy atom. The van der Waals surface area contributed by atoms with Crippen LogP contribution in [0.4, 0.5) is 5.69 Å². The highest BCUT2D eigenvalue weighted by Crippen LogP contribution is 2.11. The molecule has 0 saturated carbocycles. The van der Waals surface area contributed by atoms with E-state index < -0.39 is 5.97 Å². The molecule has 0 aliphatic carbocycles. The Morgan fingerprint density at radius 1 is 1.27 bits per heavy atom. The van der Waals surface area contributed by atoms with Crippen LogP contribution in [0.3, 0.4) is 0 Å². The molecule has 0 radical (unpaired) electrons. The van der Waals surface area contributed by atoms with Crippen molar-refractivity contribution >= 4 is 17.6 Å². The van der Waals surface area contributed by atoms with E-state index >= 15 is 0 Å². The Morgan fingerprint density at radius 3 is 2.64 bits per heavy atom. The molecule has 0 atom stereocenters. The van der Waals surface area contributed by atoms with Crippen molar-refractivity contribution in [3.63, 3.8) is 0 Å². The molecule has 1 N–H and O–H groups in total. The van der Waals surface area contributed by atoms with Gasteiger partial charge in [0.2, 0.25) is 5.91 Å². The third-order valence-corrected chi connectivity index (χ3v) is 2.79. The number of nitrogens with zero attached hydrogens (tertiary/aromatic N) is 2. The lowest BCUT2D eigenvalue weighted by Gasteiger charge is -2.06. The molecule has 1 heterocycles. The summed E-state index contributed by atoms with van der Waals surface area (Å²) in [4.78, 5) is 31.1. The van der Waals surface area contributed by atoms with Crippen molar-refractivity contribution in [3.8, 4) is 0 Å². The van der Waals surface area contributed by atoms with Gasteiger partial charge >= 0.3 is 5.97 Å². The van der Waals surface area contributed by atoms with Crippen molar-refractivity contribution in [1.29, 1.82) is 0 Å². The van der Waals surface area contributed by atoms with E-state index in [2.05, 4.69) is 21.9 Å². The summed E-state index contributed by atoms with van der Waals surface area (Å²) in [5.41, 5.74) is 2.41. The zero-order valence-electron chi connectivity index (χ0n) is 12.1. The van der Waals surface area contributed by atoms with E-state index in [1.165, 1.54) is 12.4 Å². The number of ether oxygens (including phenoxy) is 1. The number of esters is 1. The number of hydrogen-bond acceptors (Lipinski definition) is 5. The maximum Gasteiger partial charge on any atom is 0.338 e. The van der Waals surface area contributed by atoms with Crippen LogP contribution < -0.4 is 5.32 Å². The summed E-state index contributed by atoms with van der Waals surface area (Å²) < 4.78 is 5.18. The molecular formula is C16H15N3O3. The highest BCUT2D eigenvalue weighted by atomic mass is 16.5. The van der Waals surface area contributed by atoms with Crippen LogP contribution in [-0.2, 0) is 16.1 Å². The molecule has 0 saturated heterocycles. The lowest BCUT2D eigenvalue weighted by Crippen LogP contribution is -2.09. The monoisotopic (exact) mass is 297 g/mol. The SMILES string of the molecule is C=CC(=O)Nc1ccc(C(=O)OCc2cc(C)ncn2)cc1. The maximum atomic E-state index is 11.9. The smallest absolute Gasteiger partial charge is 0.338 e. The molecule has 1 aromatic heterocycles. The number of nitrogens with one attached hydrogen (secondary N) is 1. The van der Waals surface area contributed by atoms with E-state index in [4.69, 9.17) is 4.74 Å². The molecule has 0 aliphatic heterocycles. The number of aryl methyl sites for hydroxylation is 1. The summed E-state index contributed by atoms with van der Waals surface area (Å²) in [6.07, 6.45) is 2.60. The molecule has 22 heavy (non-hydrogen) atoms. The van der Waals surface area contributed by atoms with Crippen molar-refractivity contribution < 1.29 is 14.3 Å². The molecule has 1 amide bonds. The Balaban J connectivity index is 1.95. The number of hydrogen-bond donors (Lipinski definition) is 1. The predicted octanol–water partition coefficient (Wildman–Crippen LogP) is 2.27. The van der Waals surface area contributed by atoms with E-state index in [0.29, 0.717) is 16.9 Å². The fraction of sp³-hybridized carbons (Fsp3) is 0.125. The van der Waals surface area contributed by atoms with E-state index in [9.17, 15) is 9.59 Å². The fourth-order valence-electron chi connectivity index (χ4n) is 1.69. The van der Waals surface area contributed by atoms with Gasteiger partial charge in [-0.05, 0) is 43.3 Å². The molecule has 0 spiro atoms. The second-order valence-electron chi connectivity index (χ2n) is 4.50. The average molecular weight is 297 g/mol. The summed E-state index contributed by atoms with van der Waals surface area (Å²) in [5, 5.41) is 2.60. The van der Waals surface area contributed by atoms with Gasteiger partial charge < -0.3 is 10.1 Å². The quantitative estimate of drug-likeness (QED) is 0.676. The molecule has 0 aliphatic rings. The van der Waals surface area contributed by atoms with Crippen molar-refractivity contribution in [1.82, 2.24) is 9.97 Å². The van der Waals surface area contributed by atoms with Crippen LogP contribution in [0.1, 0.15) is 21.7 Å². The van der Waals surface area contributed by atoms with Crippen LogP contribution in [0, 0.1) is 6.92 Å². The van der Waals surface area contributed by atoms with Crippen LogP contribution >= 0.6 is 0 Å². The van der Waals surface area contributed by atoms with Gasteiger partial charge in [0.15, 0.2) is 0 Å². The summed E-state index contributed by atoms with van der Waals surface area (Å²) >= 11 is 0. The zero-order chi connectivity index (χ0) is 15.9. The predicted molar refractivity (Wildman–Crippen MR) is 81.2 cm³/mol. The second kappa shape index (κ2) is 7.12. The normalized spacial score (nSPS) is 9.86. The van der Waals surface area contributed by atoms with Gasteiger partial charge in [0.1, 0.15) is 12.9 Å². The van der Waals surface area contributed by atoms with Crippen molar-refractivity contribution in [3.05, 3.63) is 66.3 Å². The molecule has 112 valence electrons. The Kier molecular flexibility index (Phi) is 4.98. The summed E-state index contributed by atoms with van der Waals surface area (Å²) in [5.74, 6) is -0.771. The van der Waals surface area contributed by atoms with Gasteiger partial charge in [0.25, 0.3) is 0 Å². The van der Waals surface area contributed by atoms with Gasteiger partial charge in [0, 0.05) is 11.4 Å². The van der Waals surface area contributed by atoms with Gasteiger partial charge in [-0.3, -0.25) is 4.79 Å². The number of amides is 1. The highest BCUT2D eigenvalue weighted by Gasteiger charge is 2.08. The van der Waals surface area contributed by atoms with E-state index in [1.807, 2.05) is 6.92 Å². The third-order valence-electron chi connectivity index (χ3n) is 2.79. The lowest BCUT2D eigenvalue weighted by atomic mass is 10.2. The van der Waals surface area contributed by atoms with Crippen LogP contribution in [-0.4, -0.2) is 21.8 Å². The summed E-state index contributed by atoms with van der Waals surface area (Å²) in [6, 6.07) is 8.14. The molecular weight excluding hydrogens is 282 g/mol. The van der Waals surface area contributed by atoms with Crippen molar-refractivity contribution in [2.45, 2.75) is 13.5 Å². The van der Waals surface area contributed by atoms with E-state index in [0.717, 1.165) is 5.69 Å². The minimum absolute atomic E-state index is 0.0805.